The lowest BCUT2D eigenvalue weighted by atomic mass is 10.2. The van der Waals surface area contributed by atoms with Gasteiger partial charge in [0.1, 0.15) is 5.52 Å². The molecule has 0 atom stereocenters. The minimum atomic E-state index is 0.0394. The average molecular weight is 470 g/mol. The van der Waals surface area contributed by atoms with Gasteiger partial charge in [0.15, 0.2) is 17.1 Å². The van der Waals surface area contributed by atoms with Gasteiger partial charge in [-0.1, -0.05) is 29.8 Å². The van der Waals surface area contributed by atoms with Gasteiger partial charge in [0.2, 0.25) is 0 Å². The second-order valence-electron chi connectivity index (χ2n) is 8.68. The highest BCUT2D eigenvalue weighted by Gasteiger charge is 2.18. The molecule has 2 aromatic carbocycles. The van der Waals surface area contributed by atoms with Crippen molar-refractivity contribution >= 4 is 49.0 Å². The highest BCUT2D eigenvalue weighted by molar-refractivity contribution is 9.10. The van der Waals surface area contributed by atoms with E-state index < -0.39 is 0 Å². The highest BCUT2D eigenvalue weighted by Crippen LogP contribution is 2.36. The smallest absolute Gasteiger partial charge is 0.163 e. The molecular weight excluding hydrogens is 442 g/mol. The maximum absolute atomic E-state index is 6.03. The van der Waals surface area contributed by atoms with Crippen molar-refractivity contribution in [1.82, 2.24) is 14.5 Å². The minimum absolute atomic E-state index is 0.0394. The zero-order chi connectivity index (χ0) is 21.6. The number of ether oxygens (including phenoxy) is 2. The first-order valence-electron chi connectivity index (χ1n) is 10.5. The second kappa shape index (κ2) is 8.06. The summed E-state index contributed by atoms with van der Waals surface area (Å²) in [6, 6.07) is 10.2. The molecule has 2 heterocycles. The lowest BCUT2D eigenvalue weighted by Gasteiger charge is -2.17. The summed E-state index contributed by atoms with van der Waals surface area (Å²) in [5, 5.41) is 1.10. The second-order valence-corrected chi connectivity index (χ2v) is 9.60. The van der Waals surface area contributed by atoms with Crippen LogP contribution in [0.5, 0.6) is 11.5 Å². The van der Waals surface area contributed by atoms with E-state index in [0.29, 0.717) is 17.4 Å². The predicted molar refractivity (Wildman–Crippen MR) is 127 cm³/mol. The largest absolute Gasteiger partial charge is 0.487 e. The molecule has 0 spiro atoms. The Morgan fingerprint density at radius 1 is 0.867 bits per heavy atom. The minimum Gasteiger partial charge on any atom is -0.487 e. The molecule has 0 bridgehead atoms. The molecule has 158 valence electrons. The summed E-state index contributed by atoms with van der Waals surface area (Å²) in [6.45, 7) is 13.4. The van der Waals surface area contributed by atoms with Crippen LogP contribution in [0.3, 0.4) is 0 Å². The van der Waals surface area contributed by atoms with Crippen LogP contribution in [0, 0.1) is 5.92 Å². The van der Waals surface area contributed by atoms with Gasteiger partial charge in [-0.3, -0.25) is 0 Å². The van der Waals surface area contributed by atoms with E-state index in [2.05, 4.69) is 52.5 Å². The maximum atomic E-state index is 6.03. The number of benzene rings is 2. The van der Waals surface area contributed by atoms with Gasteiger partial charge < -0.3 is 14.0 Å². The first-order chi connectivity index (χ1) is 14.2. The SMILES string of the molecule is CC(C)Cn1c2ccc(Br)cc2c2nc3cc(OC(C)C)c(OC(C)C)cc3nc21. The lowest BCUT2D eigenvalue weighted by Crippen LogP contribution is -2.11. The van der Waals surface area contributed by atoms with Gasteiger partial charge in [0, 0.05) is 28.5 Å². The molecule has 6 heteroatoms. The van der Waals surface area contributed by atoms with Crippen molar-refractivity contribution in [2.75, 3.05) is 0 Å². The summed E-state index contributed by atoms with van der Waals surface area (Å²) >= 11 is 3.61. The number of fused-ring (bicyclic) bond motifs is 4. The van der Waals surface area contributed by atoms with Crippen molar-refractivity contribution < 1.29 is 9.47 Å². The molecule has 0 amide bonds. The fourth-order valence-corrected chi connectivity index (χ4v) is 4.07. The lowest BCUT2D eigenvalue weighted by molar-refractivity contribution is 0.199. The molecule has 4 aromatic rings. The molecule has 2 aromatic heterocycles. The van der Waals surface area contributed by atoms with Gasteiger partial charge >= 0.3 is 0 Å². The molecule has 4 rings (SSSR count). The molecule has 0 aliphatic rings. The van der Waals surface area contributed by atoms with Gasteiger partial charge in [0.25, 0.3) is 0 Å². The third-order valence-corrected chi connectivity index (χ3v) is 5.24. The summed E-state index contributed by atoms with van der Waals surface area (Å²) in [5.74, 6) is 1.90. The molecular formula is C24H28BrN3O2. The van der Waals surface area contributed by atoms with Crippen LogP contribution in [0.2, 0.25) is 0 Å². The molecule has 30 heavy (non-hydrogen) atoms. The molecule has 0 radical (unpaired) electrons. The number of nitrogens with zero attached hydrogens (tertiary/aromatic N) is 3. The Morgan fingerprint density at radius 2 is 1.47 bits per heavy atom. The van der Waals surface area contributed by atoms with E-state index in [0.717, 1.165) is 44.1 Å². The van der Waals surface area contributed by atoms with Gasteiger partial charge in [-0.15, -0.1) is 0 Å². The van der Waals surface area contributed by atoms with Crippen LogP contribution >= 0.6 is 15.9 Å². The summed E-state index contributed by atoms with van der Waals surface area (Å²) in [6.07, 6.45) is 0.0796. The molecule has 0 saturated heterocycles. The van der Waals surface area contributed by atoms with Gasteiger partial charge in [0.05, 0.1) is 28.8 Å². The molecule has 5 nitrogen and oxygen atoms in total. The number of hydrogen-bond acceptors (Lipinski definition) is 4. The van der Waals surface area contributed by atoms with Gasteiger partial charge in [-0.2, -0.15) is 0 Å². The van der Waals surface area contributed by atoms with Crippen LogP contribution in [-0.2, 0) is 6.54 Å². The van der Waals surface area contributed by atoms with Crippen molar-refractivity contribution in [3.63, 3.8) is 0 Å². The zero-order valence-electron chi connectivity index (χ0n) is 18.4. The van der Waals surface area contributed by atoms with Gasteiger partial charge in [-0.25, -0.2) is 9.97 Å². The van der Waals surface area contributed by atoms with Gasteiger partial charge in [-0.05, 0) is 51.8 Å². The Hall–Kier alpha value is -2.34. The summed E-state index contributed by atoms with van der Waals surface area (Å²) in [4.78, 5) is 10.1. The summed E-state index contributed by atoms with van der Waals surface area (Å²) in [5.41, 5.74) is 4.57. The number of hydrogen-bond donors (Lipinski definition) is 0. The van der Waals surface area contributed by atoms with E-state index in [1.807, 2.05) is 39.8 Å². The van der Waals surface area contributed by atoms with Crippen molar-refractivity contribution in [1.29, 1.82) is 0 Å². The van der Waals surface area contributed by atoms with Crippen LogP contribution in [0.1, 0.15) is 41.5 Å². The van der Waals surface area contributed by atoms with Crippen molar-refractivity contribution in [2.45, 2.75) is 60.3 Å². The molecule has 0 N–H and O–H groups in total. The molecule has 0 aliphatic carbocycles. The predicted octanol–water partition coefficient (Wildman–Crippen LogP) is 6.73. The maximum Gasteiger partial charge on any atom is 0.163 e. The van der Waals surface area contributed by atoms with Crippen molar-refractivity contribution in [2.24, 2.45) is 5.92 Å². The van der Waals surface area contributed by atoms with Crippen LogP contribution in [0.4, 0.5) is 0 Å². The zero-order valence-corrected chi connectivity index (χ0v) is 19.9. The average Bonchev–Trinajstić information content (AvgIpc) is 2.91. The van der Waals surface area contributed by atoms with E-state index in [1.165, 1.54) is 0 Å². The Morgan fingerprint density at radius 3 is 2.03 bits per heavy atom. The Kier molecular flexibility index (Phi) is 5.62. The number of halogens is 1. The van der Waals surface area contributed by atoms with Crippen LogP contribution < -0.4 is 9.47 Å². The van der Waals surface area contributed by atoms with E-state index in [1.54, 1.807) is 0 Å². The third-order valence-electron chi connectivity index (χ3n) is 4.74. The molecule has 0 unspecified atom stereocenters. The quantitative estimate of drug-likeness (QED) is 0.314. The topological polar surface area (TPSA) is 49.2 Å². The Balaban J connectivity index is 2.03. The Labute approximate surface area is 185 Å². The molecule has 0 fully saturated rings. The van der Waals surface area contributed by atoms with Crippen molar-refractivity contribution in [3.8, 4) is 11.5 Å². The van der Waals surface area contributed by atoms with E-state index in [-0.39, 0.29) is 12.2 Å². The van der Waals surface area contributed by atoms with Crippen LogP contribution in [-0.4, -0.2) is 26.7 Å². The summed E-state index contributed by atoms with van der Waals surface area (Å²) < 4.78 is 15.4. The Bertz CT molecular complexity index is 1230. The fourth-order valence-electron chi connectivity index (χ4n) is 3.71. The van der Waals surface area contributed by atoms with E-state index >= 15 is 0 Å². The fraction of sp³-hybridized carbons (Fsp3) is 0.417. The first kappa shape index (κ1) is 20.9. The van der Waals surface area contributed by atoms with E-state index in [4.69, 9.17) is 19.4 Å². The third kappa shape index (κ3) is 3.97. The molecule has 0 saturated carbocycles. The molecule has 0 aliphatic heterocycles. The number of aromatic nitrogens is 3. The monoisotopic (exact) mass is 469 g/mol. The first-order valence-corrected chi connectivity index (χ1v) is 11.3. The van der Waals surface area contributed by atoms with Crippen molar-refractivity contribution in [3.05, 3.63) is 34.8 Å². The normalized spacial score (nSPS) is 12.2. The highest BCUT2D eigenvalue weighted by atomic mass is 79.9. The number of rotatable bonds is 6. The van der Waals surface area contributed by atoms with E-state index in [9.17, 15) is 0 Å². The summed E-state index contributed by atoms with van der Waals surface area (Å²) in [7, 11) is 0. The standard InChI is InChI=1S/C24H28BrN3O2/c1-13(2)12-28-20-8-7-16(25)9-17(20)23-24(28)27-19-11-22(30-15(5)6)21(29-14(3)4)10-18(19)26-23/h7-11,13-15H,12H2,1-6H3. The van der Waals surface area contributed by atoms with Crippen LogP contribution in [0.25, 0.3) is 33.1 Å². The van der Waals surface area contributed by atoms with Crippen LogP contribution in [0.15, 0.2) is 34.8 Å².